The van der Waals surface area contributed by atoms with Gasteiger partial charge in [0.25, 0.3) is 0 Å². The van der Waals surface area contributed by atoms with Crippen molar-refractivity contribution in [2.45, 2.75) is 219 Å². The summed E-state index contributed by atoms with van der Waals surface area (Å²) in [5, 5.41) is 17.1. The number of fused-ring (bicyclic) bond motifs is 2. The normalized spacial score (nSPS) is 14.5. The minimum Gasteiger partial charge on any atom is -0.478 e. The molecule has 62 heavy (non-hydrogen) atoms. The molecule has 2 aliphatic carbocycles. The lowest BCUT2D eigenvalue weighted by atomic mass is 9.88. The van der Waals surface area contributed by atoms with E-state index in [1.807, 2.05) is 0 Å². The zero-order chi connectivity index (χ0) is 44.6. The zero-order valence-corrected chi connectivity index (χ0v) is 39.7. The molecule has 0 bridgehead atoms. The molecule has 2 N–H and O–H groups in total. The van der Waals surface area contributed by atoms with Crippen LogP contribution in [0.25, 0.3) is 12.2 Å². The van der Waals surface area contributed by atoms with Gasteiger partial charge >= 0.3 is 11.9 Å². The number of rotatable bonds is 30. The predicted molar refractivity (Wildman–Crippen MR) is 267 cm³/mol. The number of allylic oxidation sites excluding steroid dienone is 2. The minimum absolute atomic E-state index is 0.190. The van der Waals surface area contributed by atoms with Crippen molar-refractivity contribution < 1.29 is 19.8 Å². The molecule has 0 saturated heterocycles. The Balaban J connectivity index is 0.000000263. The Bertz CT molecular complexity index is 1610. The molecule has 0 amide bonds. The summed E-state index contributed by atoms with van der Waals surface area (Å²) < 4.78 is 0. The Morgan fingerprint density at radius 1 is 0.403 bits per heavy atom. The number of carbonyl (C=O) groups is 2. The van der Waals surface area contributed by atoms with Crippen LogP contribution in [-0.4, -0.2) is 22.2 Å². The molecule has 0 fully saturated rings. The third-order valence-corrected chi connectivity index (χ3v) is 12.9. The Morgan fingerprint density at radius 3 is 1.06 bits per heavy atom. The van der Waals surface area contributed by atoms with E-state index in [-0.39, 0.29) is 11.1 Å². The largest absolute Gasteiger partial charge is 0.478 e. The number of unbranched alkanes of at least 4 members (excludes halogenated alkanes) is 20. The smallest absolute Gasteiger partial charge is 0.336 e. The molecule has 342 valence electrons. The average molecular weight is 847 g/mol. The minimum atomic E-state index is -1.23. The van der Waals surface area contributed by atoms with Crippen LogP contribution in [0, 0.1) is 0 Å². The Labute approximate surface area is 379 Å². The van der Waals surface area contributed by atoms with Crippen LogP contribution in [0.2, 0.25) is 0 Å². The van der Waals surface area contributed by atoms with Crippen LogP contribution in [0.5, 0.6) is 0 Å². The maximum Gasteiger partial charge on any atom is 0.336 e. The lowest BCUT2D eigenvalue weighted by molar-refractivity contribution is 0.0651. The van der Waals surface area contributed by atoms with E-state index in [1.165, 1.54) is 215 Å². The van der Waals surface area contributed by atoms with Crippen molar-refractivity contribution in [3.8, 4) is 0 Å². The number of hydrogen-bond donors (Lipinski definition) is 2. The van der Waals surface area contributed by atoms with E-state index < -0.39 is 11.9 Å². The van der Waals surface area contributed by atoms with Crippen LogP contribution in [0.4, 0.5) is 0 Å². The summed E-state index contributed by atoms with van der Waals surface area (Å²) >= 11 is 0. The number of carboxylic acids is 2. The Hall–Kier alpha value is -3.92. The Kier molecular flexibility index (Phi) is 27.7. The molecule has 0 heterocycles. The van der Waals surface area contributed by atoms with Crippen molar-refractivity contribution in [1.82, 2.24) is 0 Å². The maximum atomic E-state index is 10.5. The molecule has 0 spiro atoms. The first-order valence-corrected chi connectivity index (χ1v) is 25.5. The fourth-order valence-corrected chi connectivity index (χ4v) is 9.35. The molecule has 5 rings (SSSR count). The van der Waals surface area contributed by atoms with Gasteiger partial charge in [0.1, 0.15) is 0 Å². The van der Waals surface area contributed by atoms with E-state index >= 15 is 0 Å². The average Bonchev–Trinajstić information content (AvgIpc) is 3.91. The van der Waals surface area contributed by atoms with Gasteiger partial charge in [-0.2, -0.15) is 0 Å². The van der Waals surface area contributed by atoms with Gasteiger partial charge < -0.3 is 10.2 Å². The molecule has 2 aliphatic rings. The van der Waals surface area contributed by atoms with Crippen LogP contribution >= 0.6 is 0 Å². The van der Waals surface area contributed by atoms with Gasteiger partial charge in [-0.25, -0.2) is 9.59 Å². The van der Waals surface area contributed by atoms with Gasteiger partial charge in [-0.1, -0.05) is 242 Å². The van der Waals surface area contributed by atoms with E-state index in [4.69, 9.17) is 10.2 Å². The number of carboxylic acid groups (broad SMARTS) is 2. The van der Waals surface area contributed by atoms with E-state index in [9.17, 15) is 9.59 Å². The fraction of sp³-hybridized carbons (Fsp3) is 0.586. The first-order chi connectivity index (χ1) is 30.4. The molecule has 2 atom stereocenters. The Morgan fingerprint density at radius 2 is 0.726 bits per heavy atom. The number of aryl methyl sites for hydroxylation is 2. The zero-order valence-electron chi connectivity index (χ0n) is 39.7. The molecule has 4 nitrogen and oxygen atoms in total. The number of hydrogen-bond acceptors (Lipinski definition) is 2. The van der Waals surface area contributed by atoms with Crippen molar-refractivity contribution in [3.63, 3.8) is 0 Å². The van der Waals surface area contributed by atoms with Crippen LogP contribution in [0.15, 0.2) is 72.8 Å². The standard InChI is InChI=1S/2C25H40.C8H6O4/c2*1-3-5-7-9-11-13-16-22-18-15-19-24-21-20-23(25(22)24)17-14-12-10-8-6-4-2;9-7(10)5-3-1-2-4-6(5)8(11)12/h2*15,18-21,23H,3-14,16-17H2,1-2H3;1-4H,(H,9,10)(H,11,12). The molecule has 3 aromatic carbocycles. The van der Waals surface area contributed by atoms with Gasteiger partial charge in [-0.15, -0.1) is 0 Å². The molecule has 0 saturated carbocycles. The third-order valence-electron chi connectivity index (χ3n) is 12.9. The first-order valence-electron chi connectivity index (χ1n) is 25.5. The van der Waals surface area contributed by atoms with E-state index in [1.54, 1.807) is 22.3 Å². The number of benzene rings is 3. The number of aromatic carboxylic acids is 2. The summed E-state index contributed by atoms with van der Waals surface area (Å²) in [7, 11) is 0. The second-order valence-electron chi connectivity index (χ2n) is 18.1. The predicted octanol–water partition coefficient (Wildman–Crippen LogP) is 18.0. The summed E-state index contributed by atoms with van der Waals surface area (Å²) in [6.07, 6.45) is 48.5. The van der Waals surface area contributed by atoms with Gasteiger partial charge in [0, 0.05) is 11.8 Å². The van der Waals surface area contributed by atoms with E-state index in [0.29, 0.717) is 11.8 Å². The van der Waals surface area contributed by atoms with Crippen molar-refractivity contribution in [3.05, 3.63) is 117 Å². The molecule has 2 unspecified atom stereocenters. The third kappa shape index (κ3) is 19.6. The summed E-state index contributed by atoms with van der Waals surface area (Å²) in [5.74, 6) is -1.07. The van der Waals surface area contributed by atoms with Gasteiger partial charge in [0.2, 0.25) is 0 Å². The molecular weight excluding hydrogens is 761 g/mol. The van der Waals surface area contributed by atoms with E-state index in [2.05, 4.69) is 88.4 Å². The molecule has 0 aromatic heterocycles. The first kappa shape index (κ1) is 52.4. The highest BCUT2D eigenvalue weighted by atomic mass is 16.4. The van der Waals surface area contributed by atoms with Crippen molar-refractivity contribution in [2.24, 2.45) is 0 Å². The molecule has 0 aliphatic heterocycles. The molecule has 4 heteroatoms. The molecular formula is C58H86O4. The van der Waals surface area contributed by atoms with Crippen LogP contribution in [-0.2, 0) is 12.8 Å². The summed E-state index contributed by atoms with van der Waals surface area (Å²) in [5.41, 5.74) is 9.23. The van der Waals surface area contributed by atoms with E-state index in [0.717, 1.165) is 0 Å². The fourth-order valence-electron chi connectivity index (χ4n) is 9.35. The second-order valence-corrected chi connectivity index (χ2v) is 18.1. The van der Waals surface area contributed by atoms with Crippen LogP contribution in [0.3, 0.4) is 0 Å². The van der Waals surface area contributed by atoms with Gasteiger partial charge in [0.15, 0.2) is 0 Å². The maximum absolute atomic E-state index is 10.5. The van der Waals surface area contributed by atoms with Crippen molar-refractivity contribution in [2.75, 3.05) is 0 Å². The summed E-state index contributed by atoms with van der Waals surface area (Å²) in [6.45, 7) is 9.19. The lowest BCUT2D eigenvalue weighted by Gasteiger charge is -2.16. The highest BCUT2D eigenvalue weighted by Crippen LogP contribution is 2.38. The highest BCUT2D eigenvalue weighted by Gasteiger charge is 2.21. The topological polar surface area (TPSA) is 74.6 Å². The van der Waals surface area contributed by atoms with Gasteiger partial charge in [0.05, 0.1) is 11.1 Å². The SMILES string of the molecule is CCCCCCCCc1cccc2c1C(CCCCCCCC)C=C2.CCCCCCCCc1cccc2c1C(CCCCCCCC)C=C2.O=C(O)c1ccccc1C(=O)O. The summed E-state index contributed by atoms with van der Waals surface area (Å²) in [6, 6.07) is 19.4. The van der Waals surface area contributed by atoms with Crippen molar-refractivity contribution in [1.29, 1.82) is 0 Å². The molecule has 0 radical (unpaired) electrons. The second kappa shape index (κ2) is 32.7. The van der Waals surface area contributed by atoms with Gasteiger partial charge in [-0.3, -0.25) is 0 Å². The molecule has 3 aromatic rings. The quantitative estimate of drug-likeness (QED) is 0.0656. The lowest BCUT2D eigenvalue weighted by Crippen LogP contribution is -2.06. The van der Waals surface area contributed by atoms with Gasteiger partial charge in [-0.05, 0) is 84.0 Å². The highest BCUT2D eigenvalue weighted by molar-refractivity contribution is 6.01. The monoisotopic (exact) mass is 847 g/mol. The summed E-state index contributed by atoms with van der Waals surface area (Å²) in [4.78, 5) is 20.9. The van der Waals surface area contributed by atoms with Crippen LogP contribution in [0.1, 0.15) is 261 Å². The van der Waals surface area contributed by atoms with Crippen molar-refractivity contribution >= 4 is 24.1 Å². The van der Waals surface area contributed by atoms with Crippen LogP contribution < -0.4 is 0 Å².